The number of esters is 1. The van der Waals surface area contributed by atoms with Gasteiger partial charge in [0.1, 0.15) is 6.61 Å². The molecule has 0 amide bonds. The SMILES string of the molecule is CC(=O)OCCn1c(=O)ccn(C)c1=O. The Hall–Kier alpha value is -1.85. The summed E-state index contributed by atoms with van der Waals surface area (Å²) in [5.74, 6) is -0.434. The van der Waals surface area contributed by atoms with E-state index in [1.165, 1.54) is 23.8 Å². The zero-order chi connectivity index (χ0) is 11.4. The highest BCUT2D eigenvalue weighted by molar-refractivity contribution is 5.65. The number of hydrogen-bond donors (Lipinski definition) is 0. The van der Waals surface area contributed by atoms with E-state index in [0.29, 0.717) is 0 Å². The number of aromatic nitrogens is 2. The van der Waals surface area contributed by atoms with E-state index in [0.717, 1.165) is 4.57 Å². The highest BCUT2D eigenvalue weighted by atomic mass is 16.5. The Morgan fingerprint density at radius 2 is 2.13 bits per heavy atom. The number of carbonyl (C=O) groups excluding carboxylic acids is 1. The molecule has 1 aromatic heterocycles. The number of carbonyl (C=O) groups is 1. The highest BCUT2D eigenvalue weighted by Gasteiger charge is 2.02. The zero-order valence-electron chi connectivity index (χ0n) is 8.60. The van der Waals surface area contributed by atoms with Crippen molar-refractivity contribution in [3.8, 4) is 0 Å². The van der Waals surface area contributed by atoms with Crippen molar-refractivity contribution < 1.29 is 9.53 Å². The second kappa shape index (κ2) is 4.59. The molecule has 0 aliphatic heterocycles. The minimum Gasteiger partial charge on any atom is -0.464 e. The van der Waals surface area contributed by atoms with Gasteiger partial charge in [0, 0.05) is 26.2 Å². The number of rotatable bonds is 3. The zero-order valence-corrected chi connectivity index (χ0v) is 8.60. The summed E-state index contributed by atoms with van der Waals surface area (Å²) in [6, 6.07) is 1.29. The van der Waals surface area contributed by atoms with E-state index in [1.54, 1.807) is 7.05 Å². The summed E-state index contributed by atoms with van der Waals surface area (Å²) < 4.78 is 6.95. The molecule has 1 rings (SSSR count). The van der Waals surface area contributed by atoms with Gasteiger partial charge in [0.2, 0.25) is 0 Å². The maximum atomic E-state index is 11.5. The molecule has 0 aromatic carbocycles. The van der Waals surface area contributed by atoms with Crippen molar-refractivity contribution in [1.29, 1.82) is 0 Å². The minimum atomic E-state index is -0.434. The topological polar surface area (TPSA) is 70.3 Å². The molecule has 0 atom stereocenters. The highest BCUT2D eigenvalue weighted by Crippen LogP contribution is 1.79. The number of aryl methyl sites for hydroxylation is 1. The summed E-state index contributed by atoms with van der Waals surface area (Å²) >= 11 is 0. The van der Waals surface area contributed by atoms with Crippen molar-refractivity contribution in [1.82, 2.24) is 9.13 Å². The lowest BCUT2D eigenvalue weighted by Gasteiger charge is -2.05. The van der Waals surface area contributed by atoms with Crippen molar-refractivity contribution in [2.75, 3.05) is 6.61 Å². The molecule has 6 nitrogen and oxygen atoms in total. The molecule has 0 unspecified atom stereocenters. The average Bonchev–Trinajstić information content (AvgIpc) is 2.17. The molecule has 0 N–H and O–H groups in total. The molecule has 1 aromatic rings. The predicted molar refractivity (Wildman–Crippen MR) is 52.6 cm³/mol. The molecular formula is C9H12N2O4. The Morgan fingerprint density at radius 3 is 2.73 bits per heavy atom. The van der Waals surface area contributed by atoms with Crippen LogP contribution >= 0.6 is 0 Å². The van der Waals surface area contributed by atoms with Crippen LogP contribution in [-0.4, -0.2) is 21.7 Å². The van der Waals surface area contributed by atoms with E-state index in [-0.39, 0.29) is 13.2 Å². The molecule has 1 heterocycles. The molecule has 82 valence electrons. The second-order valence-electron chi connectivity index (χ2n) is 3.04. The van der Waals surface area contributed by atoms with Gasteiger partial charge in [-0.25, -0.2) is 4.79 Å². The molecule has 0 aliphatic carbocycles. The third-order valence-electron chi connectivity index (χ3n) is 1.86. The van der Waals surface area contributed by atoms with Crippen molar-refractivity contribution in [3.05, 3.63) is 33.1 Å². The summed E-state index contributed by atoms with van der Waals surface area (Å²) in [6.07, 6.45) is 1.40. The van der Waals surface area contributed by atoms with Gasteiger partial charge in [0.05, 0.1) is 6.54 Å². The van der Waals surface area contributed by atoms with E-state index in [2.05, 4.69) is 4.74 Å². The van der Waals surface area contributed by atoms with Gasteiger partial charge in [0.25, 0.3) is 5.56 Å². The van der Waals surface area contributed by atoms with Crippen LogP contribution in [-0.2, 0) is 23.1 Å². The smallest absolute Gasteiger partial charge is 0.330 e. The minimum absolute atomic E-state index is 0.0223. The van der Waals surface area contributed by atoms with Gasteiger partial charge in [-0.15, -0.1) is 0 Å². The Kier molecular flexibility index (Phi) is 3.43. The fraction of sp³-hybridized carbons (Fsp3) is 0.444. The van der Waals surface area contributed by atoms with E-state index in [4.69, 9.17) is 0 Å². The quantitative estimate of drug-likeness (QED) is 0.609. The van der Waals surface area contributed by atoms with Gasteiger partial charge in [0.15, 0.2) is 0 Å². The van der Waals surface area contributed by atoms with E-state index in [1.807, 2.05) is 0 Å². The van der Waals surface area contributed by atoms with Crippen LogP contribution in [0, 0.1) is 0 Å². The Labute approximate surface area is 85.7 Å². The summed E-state index contributed by atoms with van der Waals surface area (Å²) in [5, 5.41) is 0. The van der Waals surface area contributed by atoms with Crippen LogP contribution in [0.4, 0.5) is 0 Å². The van der Waals surface area contributed by atoms with Crippen LogP contribution in [0.3, 0.4) is 0 Å². The van der Waals surface area contributed by atoms with Gasteiger partial charge < -0.3 is 9.30 Å². The number of hydrogen-bond acceptors (Lipinski definition) is 4. The Bertz CT molecular complexity index is 472. The molecule has 0 fully saturated rings. The first-order valence-corrected chi connectivity index (χ1v) is 4.42. The standard InChI is InChI=1S/C9H12N2O4/c1-7(12)15-6-5-11-8(13)3-4-10(2)9(11)14/h3-4H,5-6H2,1-2H3. The summed E-state index contributed by atoms with van der Waals surface area (Å²) in [6.45, 7) is 1.37. The van der Waals surface area contributed by atoms with Crippen molar-refractivity contribution >= 4 is 5.97 Å². The second-order valence-corrected chi connectivity index (χ2v) is 3.04. The first-order valence-electron chi connectivity index (χ1n) is 4.42. The maximum absolute atomic E-state index is 11.5. The van der Waals surface area contributed by atoms with Crippen molar-refractivity contribution in [3.63, 3.8) is 0 Å². The molecule has 0 saturated heterocycles. The van der Waals surface area contributed by atoms with Gasteiger partial charge in [-0.3, -0.25) is 14.2 Å². The lowest BCUT2D eigenvalue weighted by atomic mass is 10.5. The molecule has 6 heteroatoms. The summed E-state index contributed by atoms with van der Waals surface area (Å²) in [5.41, 5.74) is -0.820. The van der Waals surface area contributed by atoms with Gasteiger partial charge in [-0.1, -0.05) is 0 Å². The van der Waals surface area contributed by atoms with Crippen molar-refractivity contribution in [2.24, 2.45) is 7.05 Å². The van der Waals surface area contributed by atoms with Crippen LogP contribution in [0.2, 0.25) is 0 Å². The third kappa shape index (κ3) is 2.80. The molecule has 0 bridgehead atoms. The lowest BCUT2D eigenvalue weighted by molar-refractivity contribution is -0.141. The van der Waals surface area contributed by atoms with Gasteiger partial charge in [-0.05, 0) is 0 Å². The summed E-state index contributed by atoms with van der Waals surface area (Å²) in [4.78, 5) is 33.2. The molecule has 0 saturated carbocycles. The Balaban J connectivity index is 2.85. The normalized spacial score (nSPS) is 10.0. The van der Waals surface area contributed by atoms with Crippen LogP contribution < -0.4 is 11.2 Å². The van der Waals surface area contributed by atoms with E-state index in [9.17, 15) is 14.4 Å². The molecule has 0 radical (unpaired) electrons. The van der Waals surface area contributed by atoms with Gasteiger partial charge >= 0.3 is 11.7 Å². The lowest BCUT2D eigenvalue weighted by Crippen LogP contribution is -2.39. The molecule has 0 aliphatic rings. The van der Waals surface area contributed by atoms with Crippen LogP contribution in [0.15, 0.2) is 21.9 Å². The first-order chi connectivity index (χ1) is 7.02. The molecule has 15 heavy (non-hydrogen) atoms. The fourth-order valence-electron chi connectivity index (χ4n) is 1.10. The van der Waals surface area contributed by atoms with Crippen LogP contribution in [0.25, 0.3) is 0 Å². The molecular weight excluding hydrogens is 200 g/mol. The largest absolute Gasteiger partial charge is 0.464 e. The van der Waals surface area contributed by atoms with Crippen LogP contribution in [0.5, 0.6) is 0 Å². The number of ether oxygens (including phenoxy) is 1. The Morgan fingerprint density at radius 1 is 1.47 bits per heavy atom. The fourth-order valence-corrected chi connectivity index (χ4v) is 1.10. The number of nitrogens with zero attached hydrogens (tertiary/aromatic N) is 2. The van der Waals surface area contributed by atoms with Gasteiger partial charge in [-0.2, -0.15) is 0 Å². The average molecular weight is 212 g/mol. The monoisotopic (exact) mass is 212 g/mol. The third-order valence-corrected chi connectivity index (χ3v) is 1.86. The summed E-state index contributed by atoms with van der Waals surface area (Å²) in [7, 11) is 1.55. The van der Waals surface area contributed by atoms with E-state index < -0.39 is 17.2 Å². The van der Waals surface area contributed by atoms with Crippen LogP contribution in [0.1, 0.15) is 6.92 Å². The predicted octanol–water partition coefficient (Wildman–Crippen LogP) is -0.890. The first kappa shape index (κ1) is 11.2. The maximum Gasteiger partial charge on any atom is 0.330 e. The van der Waals surface area contributed by atoms with Crippen molar-refractivity contribution in [2.45, 2.75) is 13.5 Å². The molecule has 0 spiro atoms. The van der Waals surface area contributed by atoms with E-state index >= 15 is 0 Å².